The van der Waals surface area contributed by atoms with Crippen molar-refractivity contribution >= 4 is 5.97 Å². The Morgan fingerprint density at radius 3 is 2.70 bits per heavy atom. The maximum Gasteiger partial charge on any atom is 0.345 e. The summed E-state index contributed by atoms with van der Waals surface area (Å²) in [7, 11) is 0. The fourth-order valence-corrected chi connectivity index (χ4v) is 2.20. The Morgan fingerprint density at radius 2 is 2.10 bits per heavy atom. The number of allylic oxidation sites excluding steroid dienone is 1. The van der Waals surface area contributed by atoms with Crippen LogP contribution < -0.4 is 4.74 Å². The molecule has 1 fully saturated rings. The molecule has 0 bridgehead atoms. The monoisotopic (exact) mass is 276 g/mol. The molecule has 1 atom stereocenters. The van der Waals surface area contributed by atoms with E-state index in [9.17, 15) is 4.79 Å². The van der Waals surface area contributed by atoms with Crippen LogP contribution in [0.3, 0.4) is 0 Å². The third kappa shape index (κ3) is 3.61. The first-order valence-electron chi connectivity index (χ1n) is 6.97. The fraction of sp³-hybridized carbons (Fsp3) is 0.438. The van der Waals surface area contributed by atoms with Gasteiger partial charge in [0.25, 0.3) is 0 Å². The van der Waals surface area contributed by atoms with Crippen LogP contribution in [0.15, 0.2) is 41.7 Å². The van der Waals surface area contributed by atoms with Crippen LogP contribution in [0.5, 0.6) is 5.75 Å². The average Bonchev–Trinajstić information content (AvgIpc) is 2.94. The van der Waals surface area contributed by atoms with Crippen LogP contribution >= 0.6 is 0 Å². The van der Waals surface area contributed by atoms with Gasteiger partial charge < -0.3 is 14.2 Å². The van der Waals surface area contributed by atoms with E-state index in [0.717, 1.165) is 12.8 Å². The standard InChI is InChI=1S/C16H20O4/c1-3-18-12(2)15(14-10-7-11-19-14)16(17)20-13-8-5-4-6-9-13/h4-6,8-9,12H,3,7,10-11H2,1-2H3/b15-14-. The molecule has 0 saturated carbocycles. The van der Waals surface area contributed by atoms with Gasteiger partial charge in [-0.15, -0.1) is 0 Å². The summed E-state index contributed by atoms with van der Waals surface area (Å²) in [5.74, 6) is 0.832. The number of para-hydroxylation sites is 1. The van der Waals surface area contributed by atoms with Gasteiger partial charge in [0.1, 0.15) is 17.1 Å². The van der Waals surface area contributed by atoms with Crippen molar-refractivity contribution in [2.24, 2.45) is 0 Å². The fourth-order valence-electron chi connectivity index (χ4n) is 2.20. The van der Waals surface area contributed by atoms with Crippen molar-refractivity contribution in [1.29, 1.82) is 0 Å². The predicted molar refractivity (Wildman–Crippen MR) is 75.4 cm³/mol. The molecule has 1 aromatic carbocycles. The Labute approximate surface area is 119 Å². The lowest BCUT2D eigenvalue weighted by molar-refractivity contribution is -0.131. The molecule has 0 amide bonds. The van der Waals surface area contributed by atoms with Crippen molar-refractivity contribution < 1.29 is 19.0 Å². The zero-order valence-electron chi connectivity index (χ0n) is 11.9. The van der Waals surface area contributed by atoms with Gasteiger partial charge in [-0.25, -0.2) is 4.79 Å². The summed E-state index contributed by atoms with van der Waals surface area (Å²) < 4.78 is 16.5. The summed E-state index contributed by atoms with van der Waals surface area (Å²) in [5.41, 5.74) is 0.494. The van der Waals surface area contributed by atoms with Crippen molar-refractivity contribution in [3.63, 3.8) is 0 Å². The molecule has 0 N–H and O–H groups in total. The normalized spacial score (nSPS) is 18.3. The lowest BCUT2D eigenvalue weighted by atomic mass is 10.1. The SMILES string of the molecule is CCOC(C)/C(C(=O)Oc1ccccc1)=C1\CCCO1. The van der Waals surface area contributed by atoms with E-state index in [2.05, 4.69) is 0 Å². The van der Waals surface area contributed by atoms with Gasteiger partial charge in [0.05, 0.1) is 12.7 Å². The molecular formula is C16H20O4. The molecule has 1 aliphatic rings. The second-order valence-corrected chi connectivity index (χ2v) is 4.59. The number of carbonyl (C=O) groups is 1. The van der Waals surface area contributed by atoms with Gasteiger partial charge in [-0.2, -0.15) is 0 Å². The minimum absolute atomic E-state index is 0.329. The first kappa shape index (κ1) is 14.6. The third-order valence-corrected chi connectivity index (χ3v) is 3.12. The van der Waals surface area contributed by atoms with E-state index in [1.807, 2.05) is 32.0 Å². The first-order valence-corrected chi connectivity index (χ1v) is 6.97. The molecule has 0 aromatic heterocycles. The van der Waals surface area contributed by atoms with Crippen LogP contribution in [0.1, 0.15) is 26.7 Å². The summed E-state index contributed by atoms with van der Waals surface area (Å²) in [6, 6.07) is 9.03. The van der Waals surface area contributed by atoms with Gasteiger partial charge in [-0.3, -0.25) is 0 Å². The lowest BCUT2D eigenvalue weighted by Gasteiger charge is -2.17. The zero-order chi connectivity index (χ0) is 14.4. The summed E-state index contributed by atoms with van der Waals surface area (Å²) >= 11 is 0. The quantitative estimate of drug-likeness (QED) is 0.471. The highest BCUT2D eigenvalue weighted by Gasteiger charge is 2.27. The van der Waals surface area contributed by atoms with E-state index in [0.29, 0.717) is 30.3 Å². The highest BCUT2D eigenvalue weighted by molar-refractivity contribution is 5.91. The molecule has 0 radical (unpaired) electrons. The van der Waals surface area contributed by atoms with Gasteiger partial charge in [0.15, 0.2) is 0 Å². The molecule has 1 aromatic rings. The number of ether oxygens (including phenoxy) is 3. The topological polar surface area (TPSA) is 44.8 Å². The highest BCUT2D eigenvalue weighted by Crippen LogP contribution is 2.25. The third-order valence-electron chi connectivity index (χ3n) is 3.12. The van der Waals surface area contributed by atoms with Crippen LogP contribution in [-0.4, -0.2) is 25.3 Å². The van der Waals surface area contributed by atoms with E-state index in [-0.39, 0.29) is 6.10 Å². The minimum Gasteiger partial charge on any atom is -0.497 e. The summed E-state index contributed by atoms with van der Waals surface area (Å²) in [4.78, 5) is 12.4. The number of benzene rings is 1. The van der Waals surface area contributed by atoms with Crippen molar-refractivity contribution in [3.05, 3.63) is 41.7 Å². The number of carbonyl (C=O) groups excluding carboxylic acids is 1. The Bertz CT molecular complexity index is 471. The second-order valence-electron chi connectivity index (χ2n) is 4.59. The molecule has 1 saturated heterocycles. The van der Waals surface area contributed by atoms with Crippen LogP contribution in [0.25, 0.3) is 0 Å². The van der Waals surface area contributed by atoms with Crippen molar-refractivity contribution in [3.8, 4) is 5.75 Å². The summed E-state index contributed by atoms with van der Waals surface area (Å²) in [6.07, 6.45) is 1.36. The molecule has 4 heteroatoms. The van der Waals surface area contributed by atoms with Crippen LogP contribution in [0, 0.1) is 0 Å². The van der Waals surface area contributed by atoms with E-state index < -0.39 is 5.97 Å². The first-order chi connectivity index (χ1) is 9.72. The van der Waals surface area contributed by atoms with Crippen molar-refractivity contribution in [2.75, 3.05) is 13.2 Å². The molecular weight excluding hydrogens is 256 g/mol. The van der Waals surface area contributed by atoms with Gasteiger partial charge in [0.2, 0.25) is 0 Å². The lowest BCUT2D eigenvalue weighted by Crippen LogP contribution is -2.24. The Morgan fingerprint density at radius 1 is 1.35 bits per heavy atom. The van der Waals surface area contributed by atoms with Gasteiger partial charge in [-0.1, -0.05) is 18.2 Å². The average molecular weight is 276 g/mol. The summed E-state index contributed by atoms with van der Waals surface area (Å²) in [5, 5.41) is 0. The Kier molecular flexibility index (Phi) is 5.18. The van der Waals surface area contributed by atoms with E-state index in [1.165, 1.54) is 0 Å². The van der Waals surface area contributed by atoms with E-state index in [4.69, 9.17) is 14.2 Å². The zero-order valence-corrected chi connectivity index (χ0v) is 11.9. The Hall–Kier alpha value is -1.81. The minimum atomic E-state index is -0.394. The molecule has 1 unspecified atom stereocenters. The molecule has 4 nitrogen and oxygen atoms in total. The number of rotatable bonds is 5. The molecule has 108 valence electrons. The van der Waals surface area contributed by atoms with E-state index >= 15 is 0 Å². The predicted octanol–water partition coefficient (Wildman–Crippen LogP) is 3.08. The largest absolute Gasteiger partial charge is 0.497 e. The number of esters is 1. The van der Waals surface area contributed by atoms with Gasteiger partial charge in [-0.05, 0) is 32.4 Å². The second kappa shape index (κ2) is 7.10. The molecule has 20 heavy (non-hydrogen) atoms. The van der Waals surface area contributed by atoms with E-state index in [1.54, 1.807) is 12.1 Å². The van der Waals surface area contributed by atoms with Crippen molar-refractivity contribution in [1.82, 2.24) is 0 Å². The Balaban J connectivity index is 2.18. The maximum absolute atomic E-state index is 12.4. The van der Waals surface area contributed by atoms with Crippen LogP contribution in [0.2, 0.25) is 0 Å². The molecule has 0 aliphatic carbocycles. The van der Waals surface area contributed by atoms with Crippen LogP contribution in [-0.2, 0) is 14.3 Å². The summed E-state index contributed by atoms with van der Waals surface area (Å²) in [6.45, 7) is 4.93. The molecule has 1 aliphatic heterocycles. The van der Waals surface area contributed by atoms with Gasteiger partial charge in [0, 0.05) is 13.0 Å². The molecule has 0 spiro atoms. The molecule has 1 heterocycles. The van der Waals surface area contributed by atoms with Crippen molar-refractivity contribution in [2.45, 2.75) is 32.8 Å². The number of hydrogen-bond acceptors (Lipinski definition) is 4. The van der Waals surface area contributed by atoms with Crippen LogP contribution in [0.4, 0.5) is 0 Å². The van der Waals surface area contributed by atoms with Gasteiger partial charge >= 0.3 is 5.97 Å². The highest BCUT2D eigenvalue weighted by atomic mass is 16.5. The number of hydrogen-bond donors (Lipinski definition) is 0. The maximum atomic E-state index is 12.4. The smallest absolute Gasteiger partial charge is 0.345 e. The molecule has 2 rings (SSSR count).